The Labute approximate surface area is 99.1 Å². The van der Waals surface area contributed by atoms with E-state index in [9.17, 15) is 4.79 Å². The topological polar surface area (TPSA) is 29.1 Å². The molecule has 88 valence electrons. The molecule has 0 heterocycles. The number of aryl methyl sites for hydroxylation is 1. The predicted octanol–water partition coefficient (Wildman–Crippen LogP) is 2.54. The standard InChI is InChI=1S/C13H21NOSi/c1-10-8-12(16(3,4)5)6-7-13(10)14-9-11(2)15/h6-8,14H,9H2,1-5H3. The molecule has 0 amide bonds. The van der Waals surface area contributed by atoms with Gasteiger partial charge in [0.1, 0.15) is 5.78 Å². The molecule has 0 unspecified atom stereocenters. The van der Waals surface area contributed by atoms with E-state index in [2.05, 4.69) is 50.1 Å². The van der Waals surface area contributed by atoms with Gasteiger partial charge in [-0.25, -0.2) is 0 Å². The normalized spacial score (nSPS) is 11.3. The van der Waals surface area contributed by atoms with Crippen LogP contribution in [0.4, 0.5) is 5.69 Å². The van der Waals surface area contributed by atoms with Gasteiger partial charge in [0.15, 0.2) is 0 Å². The van der Waals surface area contributed by atoms with Crippen molar-refractivity contribution in [3.8, 4) is 0 Å². The van der Waals surface area contributed by atoms with E-state index in [0.717, 1.165) is 5.69 Å². The third-order valence-electron chi connectivity index (χ3n) is 2.62. The quantitative estimate of drug-likeness (QED) is 0.813. The van der Waals surface area contributed by atoms with E-state index >= 15 is 0 Å². The Balaban J connectivity index is 2.88. The van der Waals surface area contributed by atoms with E-state index in [0.29, 0.717) is 6.54 Å². The molecule has 1 aromatic carbocycles. The van der Waals surface area contributed by atoms with E-state index < -0.39 is 8.07 Å². The molecule has 0 atom stereocenters. The first-order valence-corrected chi connectivity index (χ1v) is 9.15. The lowest BCUT2D eigenvalue weighted by Crippen LogP contribution is -2.37. The minimum atomic E-state index is -1.23. The van der Waals surface area contributed by atoms with E-state index in [1.807, 2.05) is 0 Å². The van der Waals surface area contributed by atoms with Gasteiger partial charge in [-0.15, -0.1) is 0 Å². The first kappa shape index (κ1) is 13.0. The van der Waals surface area contributed by atoms with Crippen molar-refractivity contribution in [3.05, 3.63) is 23.8 Å². The Morgan fingerprint density at radius 1 is 1.31 bits per heavy atom. The lowest BCUT2D eigenvalue weighted by Gasteiger charge is -2.18. The zero-order chi connectivity index (χ0) is 12.3. The van der Waals surface area contributed by atoms with Crippen molar-refractivity contribution in [3.63, 3.8) is 0 Å². The van der Waals surface area contributed by atoms with Gasteiger partial charge in [-0.1, -0.05) is 37.0 Å². The second-order valence-electron chi connectivity index (χ2n) is 5.34. The fourth-order valence-electron chi connectivity index (χ4n) is 1.55. The molecular formula is C13H21NOSi. The molecule has 0 saturated heterocycles. The molecule has 3 heteroatoms. The third kappa shape index (κ3) is 3.49. The minimum Gasteiger partial charge on any atom is -0.378 e. The van der Waals surface area contributed by atoms with Crippen LogP contribution in [0.5, 0.6) is 0 Å². The van der Waals surface area contributed by atoms with Crippen LogP contribution >= 0.6 is 0 Å². The van der Waals surface area contributed by atoms with Crippen molar-refractivity contribution in [1.29, 1.82) is 0 Å². The van der Waals surface area contributed by atoms with Gasteiger partial charge in [0.25, 0.3) is 0 Å². The maximum Gasteiger partial charge on any atom is 0.148 e. The first-order valence-electron chi connectivity index (χ1n) is 5.65. The Bertz CT molecular complexity index is 393. The third-order valence-corrected chi connectivity index (χ3v) is 4.66. The molecule has 0 aliphatic rings. The molecule has 16 heavy (non-hydrogen) atoms. The molecule has 0 aromatic heterocycles. The monoisotopic (exact) mass is 235 g/mol. The molecule has 1 N–H and O–H groups in total. The zero-order valence-corrected chi connectivity index (χ0v) is 11.8. The number of ketones is 1. The molecule has 1 aromatic rings. The summed E-state index contributed by atoms with van der Waals surface area (Å²) < 4.78 is 0. The van der Waals surface area contributed by atoms with Crippen molar-refractivity contribution in [2.24, 2.45) is 0 Å². The van der Waals surface area contributed by atoms with Crippen LogP contribution in [0.2, 0.25) is 19.6 Å². The minimum absolute atomic E-state index is 0.161. The summed E-state index contributed by atoms with van der Waals surface area (Å²) in [5.74, 6) is 0.161. The predicted molar refractivity (Wildman–Crippen MR) is 73.3 cm³/mol. The summed E-state index contributed by atoms with van der Waals surface area (Å²) in [6.45, 7) is 11.1. The van der Waals surface area contributed by atoms with E-state index in [1.54, 1.807) is 6.92 Å². The summed E-state index contributed by atoms with van der Waals surface area (Å²) in [5.41, 5.74) is 2.29. The van der Waals surface area contributed by atoms with Crippen molar-refractivity contribution >= 4 is 24.7 Å². The highest BCUT2D eigenvalue weighted by Crippen LogP contribution is 2.14. The van der Waals surface area contributed by atoms with Gasteiger partial charge in [-0.3, -0.25) is 4.79 Å². The highest BCUT2D eigenvalue weighted by molar-refractivity contribution is 6.88. The highest BCUT2D eigenvalue weighted by Gasteiger charge is 2.16. The molecule has 2 nitrogen and oxygen atoms in total. The summed E-state index contributed by atoms with van der Waals surface area (Å²) in [5, 5.41) is 4.61. The lowest BCUT2D eigenvalue weighted by molar-refractivity contribution is -0.115. The van der Waals surface area contributed by atoms with E-state index in [1.165, 1.54) is 10.8 Å². The van der Waals surface area contributed by atoms with Crippen LogP contribution in [-0.2, 0) is 4.79 Å². The number of nitrogens with one attached hydrogen (secondary N) is 1. The van der Waals surface area contributed by atoms with Gasteiger partial charge >= 0.3 is 0 Å². The molecule has 0 bridgehead atoms. The van der Waals surface area contributed by atoms with Gasteiger partial charge in [-0.05, 0) is 25.5 Å². The second-order valence-corrected chi connectivity index (χ2v) is 10.4. The number of benzene rings is 1. The average Bonchev–Trinajstić information content (AvgIpc) is 2.14. The molecule has 0 aliphatic heterocycles. The van der Waals surface area contributed by atoms with Crippen LogP contribution in [-0.4, -0.2) is 20.4 Å². The second kappa shape index (κ2) is 4.83. The smallest absolute Gasteiger partial charge is 0.148 e. The van der Waals surface area contributed by atoms with Crippen LogP contribution < -0.4 is 10.5 Å². The number of carbonyl (C=O) groups excluding carboxylic acids is 1. The molecule has 1 rings (SSSR count). The Hall–Kier alpha value is -1.09. The Morgan fingerprint density at radius 2 is 1.94 bits per heavy atom. The zero-order valence-electron chi connectivity index (χ0n) is 10.8. The fourth-order valence-corrected chi connectivity index (χ4v) is 2.78. The van der Waals surface area contributed by atoms with Crippen molar-refractivity contribution in [1.82, 2.24) is 0 Å². The molecule has 0 saturated carbocycles. The van der Waals surface area contributed by atoms with Crippen molar-refractivity contribution < 1.29 is 4.79 Å². The van der Waals surface area contributed by atoms with Crippen molar-refractivity contribution in [2.45, 2.75) is 33.5 Å². The number of rotatable bonds is 4. The van der Waals surface area contributed by atoms with Crippen molar-refractivity contribution in [2.75, 3.05) is 11.9 Å². The van der Waals surface area contributed by atoms with Gasteiger partial charge in [0, 0.05) is 5.69 Å². The van der Waals surface area contributed by atoms with E-state index in [-0.39, 0.29) is 5.78 Å². The highest BCUT2D eigenvalue weighted by atomic mass is 28.3. The maximum atomic E-state index is 10.9. The van der Waals surface area contributed by atoms with Gasteiger partial charge in [-0.2, -0.15) is 0 Å². The van der Waals surface area contributed by atoms with Crippen LogP contribution in [0, 0.1) is 6.92 Å². The number of hydrogen-bond acceptors (Lipinski definition) is 2. The molecule has 0 aliphatic carbocycles. The van der Waals surface area contributed by atoms with Crippen LogP contribution in [0.15, 0.2) is 18.2 Å². The maximum absolute atomic E-state index is 10.9. The Morgan fingerprint density at radius 3 is 2.38 bits per heavy atom. The Kier molecular flexibility index (Phi) is 3.91. The molecule has 0 radical (unpaired) electrons. The fraction of sp³-hybridized carbons (Fsp3) is 0.462. The summed E-state index contributed by atoms with van der Waals surface area (Å²) >= 11 is 0. The van der Waals surface area contributed by atoms with Gasteiger partial charge in [0.05, 0.1) is 14.6 Å². The number of Topliss-reactive ketones (excluding diaryl/α,β-unsaturated/α-hetero) is 1. The number of hydrogen-bond donors (Lipinski definition) is 1. The number of carbonyl (C=O) groups is 1. The van der Waals surface area contributed by atoms with Gasteiger partial charge < -0.3 is 5.32 Å². The van der Waals surface area contributed by atoms with Crippen LogP contribution in [0.1, 0.15) is 12.5 Å². The summed E-state index contributed by atoms with van der Waals surface area (Å²) in [6, 6.07) is 6.52. The SMILES string of the molecule is CC(=O)CNc1ccc([Si](C)(C)C)cc1C. The van der Waals surface area contributed by atoms with Crippen LogP contribution in [0.3, 0.4) is 0 Å². The molecule has 0 spiro atoms. The summed E-state index contributed by atoms with van der Waals surface area (Å²) in [4.78, 5) is 10.9. The molecular weight excluding hydrogens is 214 g/mol. The molecule has 0 fully saturated rings. The lowest BCUT2D eigenvalue weighted by atomic mass is 10.2. The van der Waals surface area contributed by atoms with Crippen LogP contribution in [0.25, 0.3) is 0 Å². The summed E-state index contributed by atoms with van der Waals surface area (Å²) in [6.07, 6.45) is 0. The average molecular weight is 235 g/mol. The van der Waals surface area contributed by atoms with E-state index in [4.69, 9.17) is 0 Å². The number of anilines is 1. The largest absolute Gasteiger partial charge is 0.378 e. The summed E-state index contributed by atoms with van der Waals surface area (Å²) in [7, 11) is -1.23. The van der Waals surface area contributed by atoms with Gasteiger partial charge in [0.2, 0.25) is 0 Å². The first-order chi connectivity index (χ1) is 7.30.